The second-order valence-corrected chi connectivity index (χ2v) is 4.76. The molecule has 1 rings (SSSR count). The average Bonchev–Trinajstić information content (AvgIpc) is 2.17. The highest BCUT2D eigenvalue weighted by atomic mass is 15.3. The van der Waals surface area contributed by atoms with E-state index < -0.39 is 0 Å². The summed E-state index contributed by atoms with van der Waals surface area (Å²) in [7, 11) is 4.29. The van der Waals surface area contributed by atoms with E-state index in [0.717, 1.165) is 13.1 Å². The molecule has 1 saturated heterocycles. The molecule has 0 spiro atoms. The molecule has 2 N–H and O–H groups in total. The van der Waals surface area contributed by atoms with Gasteiger partial charge in [0.25, 0.3) is 0 Å². The Bertz CT molecular complexity index is 215. The Kier molecular flexibility index (Phi) is 4.39. The smallest absolute Gasteiger partial charge is 0.191 e. The van der Waals surface area contributed by atoms with Crippen LogP contribution >= 0.6 is 0 Å². The number of likely N-dealkylation sites (tertiary alicyclic amines) is 1. The highest BCUT2D eigenvalue weighted by Gasteiger charge is 2.21. The summed E-state index contributed by atoms with van der Waals surface area (Å²) >= 11 is 0. The molecule has 4 nitrogen and oxygen atoms in total. The topological polar surface area (TPSA) is 44.9 Å². The molecule has 0 bridgehead atoms. The molecule has 0 saturated carbocycles. The number of rotatable bonds is 2. The van der Waals surface area contributed by atoms with Crippen molar-refractivity contribution < 1.29 is 0 Å². The van der Waals surface area contributed by atoms with Crippen LogP contribution in [-0.2, 0) is 0 Å². The molecule has 0 aromatic carbocycles. The van der Waals surface area contributed by atoms with Gasteiger partial charge in [-0.15, -0.1) is 0 Å². The Morgan fingerprint density at radius 3 is 2.27 bits per heavy atom. The number of piperidine rings is 1. The summed E-state index contributed by atoms with van der Waals surface area (Å²) in [4.78, 5) is 8.87. The number of hydrogen-bond acceptors (Lipinski definition) is 2. The van der Waals surface area contributed by atoms with Crippen molar-refractivity contribution in [1.29, 1.82) is 0 Å². The second kappa shape index (κ2) is 5.35. The van der Waals surface area contributed by atoms with Crippen molar-refractivity contribution in [3.63, 3.8) is 0 Å². The number of aliphatic imine (C=N–C) groups is 1. The standard InChI is InChI=1S/C11H24N4/c1-9(2)13-11(12)15-7-5-10(6-8-15)14(3)4/h9-10H,5-8H2,1-4H3,(H2,12,13). The van der Waals surface area contributed by atoms with Gasteiger partial charge in [0.15, 0.2) is 5.96 Å². The molecule has 15 heavy (non-hydrogen) atoms. The Hall–Kier alpha value is -0.770. The molecule has 0 aliphatic carbocycles. The lowest BCUT2D eigenvalue weighted by molar-refractivity contribution is 0.190. The third kappa shape index (κ3) is 3.70. The zero-order valence-corrected chi connectivity index (χ0v) is 10.4. The summed E-state index contributed by atoms with van der Waals surface area (Å²) in [6.07, 6.45) is 2.36. The molecule has 4 heteroatoms. The highest BCUT2D eigenvalue weighted by Crippen LogP contribution is 2.13. The number of nitrogens with zero attached hydrogens (tertiary/aromatic N) is 3. The van der Waals surface area contributed by atoms with E-state index in [-0.39, 0.29) is 6.04 Å². The molecule has 0 atom stereocenters. The summed E-state index contributed by atoms with van der Waals surface area (Å²) in [6.45, 7) is 6.18. The predicted molar refractivity (Wildman–Crippen MR) is 65.0 cm³/mol. The van der Waals surface area contributed by atoms with Gasteiger partial charge in [0.2, 0.25) is 0 Å². The molecule has 1 aliphatic rings. The molecule has 0 radical (unpaired) electrons. The van der Waals surface area contributed by atoms with Crippen LogP contribution in [0.1, 0.15) is 26.7 Å². The fourth-order valence-electron chi connectivity index (χ4n) is 1.96. The molecule has 0 aromatic rings. The van der Waals surface area contributed by atoms with Crippen molar-refractivity contribution in [3.8, 4) is 0 Å². The quantitative estimate of drug-likeness (QED) is 0.542. The lowest BCUT2D eigenvalue weighted by Crippen LogP contribution is -2.47. The Balaban J connectivity index is 2.43. The van der Waals surface area contributed by atoms with Crippen LogP contribution in [0, 0.1) is 0 Å². The highest BCUT2D eigenvalue weighted by molar-refractivity contribution is 5.78. The number of nitrogens with two attached hydrogens (primary N) is 1. The van der Waals surface area contributed by atoms with Crippen LogP contribution < -0.4 is 5.73 Å². The van der Waals surface area contributed by atoms with Crippen LogP contribution in [0.15, 0.2) is 4.99 Å². The minimum Gasteiger partial charge on any atom is -0.370 e. The van der Waals surface area contributed by atoms with Crippen LogP contribution in [0.3, 0.4) is 0 Å². The number of hydrogen-bond donors (Lipinski definition) is 1. The molecule has 0 amide bonds. The minimum atomic E-state index is 0.288. The van der Waals surface area contributed by atoms with E-state index in [0.29, 0.717) is 12.0 Å². The lowest BCUT2D eigenvalue weighted by atomic mass is 10.0. The second-order valence-electron chi connectivity index (χ2n) is 4.76. The van der Waals surface area contributed by atoms with Crippen molar-refractivity contribution in [2.75, 3.05) is 27.2 Å². The predicted octanol–water partition coefficient (Wildman–Crippen LogP) is 0.736. The van der Waals surface area contributed by atoms with E-state index in [1.807, 2.05) is 0 Å². The van der Waals surface area contributed by atoms with Gasteiger partial charge in [-0.05, 0) is 40.8 Å². The van der Waals surface area contributed by atoms with E-state index in [9.17, 15) is 0 Å². The van der Waals surface area contributed by atoms with Crippen molar-refractivity contribution in [3.05, 3.63) is 0 Å². The van der Waals surface area contributed by atoms with Crippen molar-refractivity contribution in [2.24, 2.45) is 10.7 Å². The maximum absolute atomic E-state index is 5.93. The maximum atomic E-state index is 5.93. The third-order valence-corrected chi connectivity index (χ3v) is 2.91. The lowest BCUT2D eigenvalue weighted by Gasteiger charge is -2.35. The zero-order valence-electron chi connectivity index (χ0n) is 10.4. The SMILES string of the molecule is CC(C)N=C(N)N1CCC(N(C)C)CC1. The van der Waals surface area contributed by atoms with E-state index in [4.69, 9.17) is 5.73 Å². The van der Waals surface area contributed by atoms with Crippen LogP contribution in [-0.4, -0.2) is 55.0 Å². The molecular weight excluding hydrogens is 188 g/mol. The van der Waals surface area contributed by atoms with Gasteiger partial charge in [-0.2, -0.15) is 0 Å². The molecule has 1 aliphatic heterocycles. The van der Waals surface area contributed by atoms with Gasteiger partial charge in [-0.1, -0.05) is 0 Å². The number of guanidine groups is 1. The monoisotopic (exact) mass is 212 g/mol. The average molecular weight is 212 g/mol. The Morgan fingerprint density at radius 1 is 1.33 bits per heavy atom. The van der Waals surface area contributed by atoms with E-state index >= 15 is 0 Å². The zero-order chi connectivity index (χ0) is 11.4. The van der Waals surface area contributed by atoms with Gasteiger partial charge < -0.3 is 15.5 Å². The molecular formula is C11H24N4. The van der Waals surface area contributed by atoms with Crippen molar-refractivity contribution >= 4 is 5.96 Å². The first-order chi connectivity index (χ1) is 7.00. The van der Waals surface area contributed by atoms with Crippen LogP contribution in [0.2, 0.25) is 0 Å². The third-order valence-electron chi connectivity index (χ3n) is 2.91. The van der Waals surface area contributed by atoms with Crippen molar-refractivity contribution in [1.82, 2.24) is 9.80 Å². The summed E-state index contributed by atoms with van der Waals surface area (Å²) in [5, 5.41) is 0. The van der Waals surface area contributed by atoms with E-state index in [1.54, 1.807) is 0 Å². The first-order valence-corrected chi connectivity index (χ1v) is 5.75. The maximum Gasteiger partial charge on any atom is 0.191 e. The molecule has 1 heterocycles. The fourth-order valence-corrected chi connectivity index (χ4v) is 1.96. The van der Waals surface area contributed by atoms with Gasteiger partial charge in [0.05, 0.1) is 0 Å². The first kappa shape index (κ1) is 12.3. The molecule has 0 aromatic heterocycles. The summed E-state index contributed by atoms with van der Waals surface area (Å²) in [6, 6.07) is 0.990. The van der Waals surface area contributed by atoms with Crippen LogP contribution in [0.5, 0.6) is 0 Å². The largest absolute Gasteiger partial charge is 0.370 e. The van der Waals surface area contributed by atoms with Gasteiger partial charge in [0.1, 0.15) is 0 Å². The summed E-state index contributed by atoms with van der Waals surface area (Å²) < 4.78 is 0. The summed E-state index contributed by atoms with van der Waals surface area (Å²) in [5.74, 6) is 0.710. The minimum absolute atomic E-state index is 0.288. The fraction of sp³-hybridized carbons (Fsp3) is 0.909. The van der Waals surface area contributed by atoms with Crippen LogP contribution in [0.25, 0.3) is 0 Å². The molecule has 88 valence electrons. The Morgan fingerprint density at radius 2 is 1.87 bits per heavy atom. The first-order valence-electron chi connectivity index (χ1n) is 5.75. The normalized spacial score (nSPS) is 20.4. The molecule has 1 fully saturated rings. The van der Waals surface area contributed by atoms with Gasteiger partial charge in [0, 0.05) is 25.2 Å². The van der Waals surface area contributed by atoms with Crippen molar-refractivity contribution in [2.45, 2.75) is 38.8 Å². The van der Waals surface area contributed by atoms with Gasteiger partial charge >= 0.3 is 0 Å². The van der Waals surface area contributed by atoms with E-state index in [2.05, 4.69) is 42.7 Å². The Labute approximate surface area is 93.1 Å². The van der Waals surface area contributed by atoms with Gasteiger partial charge in [-0.3, -0.25) is 4.99 Å². The van der Waals surface area contributed by atoms with E-state index in [1.165, 1.54) is 12.8 Å². The molecule has 0 unspecified atom stereocenters. The van der Waals surface area contributed by atoms with Gasteiger partial charge in [-0.25, -0.2) is 0 Å². The summed E-state index contributed by atoms with van der Waals surface area (Å²) in [5.41, 5.74) is 5.93. The van der Waals surface area contributed by atoms with Crippen LogP contribution in [0.4, 0.5) is 0 Å².